The summed E-state index contributed by atoms with van der Waals surface area (Å²) < 4.78 is 49.0. The van der Waals surface area contributed by atoms with Crippen LogP contribution in [0.4, 0.5) is 0 Å². The number of aliphatic hydroxyl groups excluding tert-OH is 1. The minimum absolute atomic E-state index is 0.00109. The predicted molar refractivity (Wildman–Crippen MR) is 266 cm³/mol. The van der Waals surface area contributed by atoms with Crippen molar-refractivity contribution in [2.24, 2.45) is 0 Å². The van der Waals surface area contributed by atoms with E-state index in [0.29, 0.717) is 65.4 Å². The number of aliphatic hydroxyl groups is 1. The average Bonchev–Trinajstić information content (AvgIpc) is 3.86. The lowest BCUT2D eigenvalue weighted by atomic mass is 10.1. The molecule has 26 heteroatoms. The summed E-state index contributed by atoms with van der Waals surface area (Å²) in [7, 11) is 0. The molecule has 2 aliphatic heterocycles. The van der Waals surface area contributed by atoms with Crippen LogP contribution >= 0.6 is 0 Å². The summed E-state index contributed by atoms with van der Waals surface area (Å²) in [5.41, 5.74) is -0.534. The first-order valence-electron chi connectivity index (χ1n) is 25.5. The fourth-order valence-corrected chi connectivity index (χ4v) is 6.50. The van der Waals surface area contributed by atoms with Gasteiger partial charge in [0.05, 0.1) is 112 Å². The number of nitrogens with one attached hydrogen (secondary N) is 5. The summed E-state index contributed by atoms with van der Waals surface area (Å²) in [6.07, 6.45) is 5.54. The van der Waals surface area contributed by atoms with Crippen molar-refractivity contribution in [3.8, 4) is 0 Å². The number of ether oxygens (including phenoxy) is 9. The molecule has 2 atom stereocenters. The van der Waals surface area contributed by atoms with Crippen molar-refractivity contribution in [1.29, 1.82) is 0 Å². The summed E-state index contributed by atoms with van der Waals surface area (Å²) in [5.74, 6) is -3.34. The highest BCUT2D eigenvalue weighted by molar-refractivity contribution is 6.13. The molecule has 0 aromatic heterocycles. The highest BCUT2D eigenvalue weighted by Crippen LogP contribution is 2.09. The monoisotopic (exact) mass is 1070 g/mol. The van der Waals surface area contributed by atoms with Gasteiger partial charge >= 0.3 is 5.97 Å². The SMILES string of the molecule is CC(C)(C)OC(=O)CCOCCOCCOCCOCCNC(=O)[C@H](CCCCNC(=O)CCOCCOCCNC(=O)CCN1C(=O)C=CC1=O)NC(=O)CCOCCOCCNC(O)CCN1C(=O)C=CC1=O. The standard InChI is InChI=1S/C49H81N7O19/c1-49(2,3)75-47(65)15-24-69-30-34-73-36-37-74-35-33-72-27-19-53-48(66)38(54-42(60)14-23-68-29-32-71-26-18-52-40(58)12-21-56-45(63)9-10-46(56)64)6-4-5-16-50-41(59)13-22-67-28-31-70-25-17-51-39(57)11-20-55-43(61)7-8-44(55)62/h7-10,38,40,52,58H,4-6,11-37H2,1-3H3,(H,50,59)(H,51,57)(H,53,66)(H,54,60)/t38-,40?/m0/s1. The van der Waals surface area contributed by atoms with Crippen molar-refractivity contribution in [2.75, 3.05) is 145 Å². The maximum atomic E-state index is 13.2. The second kappa shape index (κ2) is 40.9. The Morgan fingerprint density at radius 2 is 0.893 bits per heavy atom. The van der Waals surface area contributed by atoms with Crippen molar-refractivity contribution in [3.63, 3.8) is 0 Å². The van der Waals surface area contributed by atoms with Gasteiger partial charge in [0.1, 0.15) is 17.9 Å². The Kier molecular flexibility index (Phi) is 35.9. The van der Waals surface area contributed by atoms with E-state index < -0.39 is 53.3 Å². The molecule has 426 valence electrons. The number of hydrogen-bond donors (Lipinski definition) is 6. The zero-order valence-corrected chi connectivity index (χ0v) is 43.9. The molecule has 0 fully saturated rings. The molecule has 2 rings (SSSR count). The molecule has 8 amide bonds. The molecule has 0 spiro atoms. The molecule has 0 aromatic carbocycles. The highest BCUT2D eigenvalue weighted by atomic mass is 16.6. The van der Waals surface area contributed by atoms with Crippen molar-refractivity contribution >= 4 is 53.2 Å². The lowest BCUT2D eigenvalue weighted by Crippen LogP contribution is -2.47. The van der Waals surface area contributed by atoms with Crippen molar-refractivity contribution < 1.29 is 90.9 Å². The van der Waals surface area contributed by atoms with Crippen molar-refractivity contribution in [3.05, 3.63) is 24.3 Å². The Hall–Kier alpha value is -5.29. The van der Waals surface area contributed by atoms with Gasteiger partial charge in [0.25, 0.3) is 23.6 Å². The molecule has 1 unspecified atom stereocenters. The quantitative estimate of drug-likeness (QED) is 0.0169. The molecule has 2 aliphatic rings. The van der Waals surface area contributed by atoms with Crippen LogP contribution in [0.3, 0.4) is 0 Å². The van der Waals surface area contributed by atoms with Crippen LogP contribution in [0.15, 0.2) is 24.3 Å². The second-order valence-electron chi connectivity index (χ2n) is 17.7. The first kappa shape index (κ1) is 65.8. The van der Waals surface area contributed by atoms with Gasteiger partial charge in [0.2, 0.25) is 23.6 Å². The molecule has 0 saturated heterocycles. The molecule has 0 aliphatic carbocycles. The molecule has 2 heterocycles. The van der Waals surface area contributed by atoms with Gasteiger partial charge in [-0.3, -0.25) is 58.3 Å². The van der Waals surface area contributed by atoms with E-state index in [1.54, 1.807) is 20.8 Å². The lowest BCUT2D eigenvalue weighted by molar-refractivity contribution is -0.156. The van der Waals surface area contributed by atoms with Gasteiger partial charge < -0.3 is 69.0 Å². The van der Waals surface area contributed by atoms with Crippen LogP contribution < -0.4 is 26.6 Å². The van der Waals surface area contributed by atoms with Gasteiger partial charge in [-0.2, -0.15) is 0 Å². The van der Waals surface area contributed by atoms with Crippen molar-refractivity contribution in [1.82, 2.24) is 36.4 Å². The van der Waals surface area contributed by atoms with Crippen LogP contribution in [0.25, 0.3) is 0 Å². The number of unbranched alkanes of at least 4 members (excludes halogenated alkanes) is 1. The average molecular weight is 1070 g/mol. The molecular formula is C49H81N7O19. The van der Waals surface area contributed by atoms with E-state index in [1.165, 1.54) is 12.2 Å². The van der Waals surface area contributed by atoms with Crippen LogP contribution in [0.1, 0.15) is 72.1 Å². The van der Waals surface area contributed by atoms with E-state index in [4.69, 9.17) is 42.6 Å². The Morgan fingerprint density at radius 3 is 1.41 bits per heavy atom. The van der Waals surface area contributed by atoms with E-state index in [1.807, 2.05) is 0 Å². The summed E-state index contributed by atoms with van der Waals surface area (Å²) >= 11 is 0. The third-order valence-electron chi connectivity index (χ3n) is 10.3. The number of hydrogen-bond acceptors (Lipinski definition) is 20. The normalized spacial score (nSPS) is 14.2. The second-order valence-corrected chi connectivity index (χ2v) is 17.7. The molecule has 0 radical (unpaired) electrons. The Bertz CT molecular complexity index is 1760. The first-order chi connectivity index (χ1) is 36.1. The molecular weight excluding hydrogens is 991 g/mol. The fourth-order valence-electron chi connectivity index (χ4n) is 6.50. The van der Waals surface area contributed by atoms with Crippen LogP contribution in [-0.4, -0.2) is 231 Å². The van der Waals surface area contributed by atoms with Gasteiger partial charge in [-0.1, -0.05) is 0 Å². The van der Waals surface area contributed by atoms with Crippen LogP contribution in [0.2, 0.25) is 0 Å². The topological polar surface area (TPSA) is 324 Å². The number of carbonyl (C=O) groups is 9. The Labute approximate surface area is 438 Å². The fraction of sp³-hybridized carbons (Fsp3) is 0.735. The van der Waals surface area contributed by atoms with Gasteiger partial charge in [0.15, 0.2) is 0 Å². The van der Waals surface area contributed by atoms with Gasteiger partial charge in [-0.25, -0.2) is 0 Å². The van der Waals surface area contributed by atoms with Crippen LogP contribution in [-0.2, 0) is 85.8 Å². The van der Waals surface area contributed by atoms with Gasteiger partial charge in [0, 0.05) is 89.3 Å². The number of esters is 1. The number of imide groups is 2. The zero-order chi connectivity index (χ0) is 54.9. The smallest absolute Gasteiger partial charge is 0.308 e. The molecule has 0 saturated carbocycles. The minimum atomic E-state index is -0.933. The molecule has 26 nitrogen and oxygen atoms in total. The third kappa shape index (κ3) is 34.8. The predicted octanol–water partition coefficient (Wildman–Crippen LogP) is -1.83. The third-order valence-corrected chi connectivity index (χ3v) is 10.3. The largest absolute Gasteiger partial charge is 0.460 e. The zero-order valence-electron chi connectivity index (χ0n) is 43.9. The Morgan fingerprint density at radius 1 is 0.480 bits per heavy atom. The van der Waals surface area contributed by atoms with E-state index >= 15 is 0 Å². The number of nitrogens with zero attached hydrogens (tertiary/aromatic N) is 2. The van der Waals surface area contributed by atoms with Crippen LogP contribution in [0, 0.1) is 0 Å². The Balaban J connectivity index is 1.58. The first-order valence-corrected chi connectivity index (χ1v) is 25.5. The highest BCUT2D eigenvalue weighted by Gasteiger charge is 2.25. The summed E-state index contributed by atoms with van der Waals surface area (Å²) in [4.78, 5) is 110. The maximum absolute atomic E-state index is 13.2. The summed E-state index contributed by atoms with van der Waals surface area (Å²) in [6.45, 7) is 10.7. The molecule has 6 N–H and O–H groups in total. The minimum Gasteiger partial charge on any atom is -0.460 e. The van der Waals surface area contributed by atoms with E-state index in [0.717, 1.165) is 22.0 Å². The van der Waals surface area contributed by atoms with Gasteiger partial charge in [-0.15, -0.1) is 0 Å². The summed E-state index contributed by atoms with van der Waals surface area (Å²) in [6, 6.07) is -0.852. The molecule has 0 bridgehead atoms. The molecule has 75 heavy (non-hydrogen) atoms. The molecule has 0 aromatic rings. The van der Waals surface area contributed by atoms with E-state index in [-0.39, 0.29) is 149 Å². The number of rotatable bonds is 47. The van der Waals surface area contributed by atoms with Crippen LogP contribution in [0.5, 0.6) is 0 Å². The number of carbonyl (C=O) groups excluding carboxylic acids is 9. The van der Waals surface area contributed by atoms with Crippen molar-refractivity contribution in [2.45, 2.75) is 90.0 Å². The summed E-state index contributed by atoms with van der Waals surface area (Å²) in [5, 5.41) is 23.9. The van der Waals surface area contributed by atoms with E-state index in [2.05, 4.69) is 26.6 Å². The van der Waals surface area contributed by atoms with E-state index in [9.17, 15) is 48.3 Å². The maximum Gasteiger partial charge on any atom is 0.308 e. The lowest BCUT2D eigenvalue weighted by Gasteiger charge is -2.19. The number of amides is 8. The van der Waals surface area contributed by atoms with Gasteiger partial charge in [-0.05, 0) is 40.0 Å².